The number of carbonyl (C=O) groups is 3. The van der Waals surface area contributed by atoms with Gasteiger partial charge in [-0.05, 0) is 84.3 Å². The summed E-state index contributed by atoms with van der Waals surface area (Å²) < 4.78 is 0. The largest absolute Gasteiger partial charge is 0.325 e. The van der Waals surface area contributed by atoms with Crippen LogP contribution in [0.15, 0.2) is 138 Å². The Morgan fingerprint density at radius 3 is 2.00 bits per heavy atom. The van der Waals surface area contributed by atoms with E-state index in [0.717, 1.165) is 21.6 Å². The Morgan fingerprint density at radius 2 is 1.33 bits per heavy atom. The number of hydrogen-bond donors (Lipinski definition) is 3. The van der Waals surface area contributed by atoms with Crippen LogP contribution in [0, 0.1) is 6.92 Å². The van der Waals surface area contributed by atoms with Crippen molar-refractivity contribution in [2.75, 3.05) is 10.6 Å². The van der Waals surface area contributed by atoms with Crippen LogP contribution < -0.4 is 16.0 Å². The number of anilines is 2. The number of amides is 3. The molecule has 5 rings (SSSR count). The minimum atomic E-state index is -0.576. The van der Waals surface area contributed by atoms with Crippen molar-refractivity contribution in [2.24, 2.45) is 0 Å². The molecule has 5 aromatic rings. The number of thioether (sulfide) groups is 1. The van der Waals surface area contributed by atoms with Crippen LogP contribution in [0.1, 0.15) is 32.3 Å². The highest BCUT2D eigenvalue weighted by Crippen LogP contribution is 2.37. The predicted octanol–water partition coefficient (Wildman–Crippen LogP) is 9.18. The standard InChI is InChI=1S/C37H29Cl2N3O3S/c1-24-10-8-9-15-27(24)22-33(42-35(43)26-13-6-3-7-14-26)36(44)40-28-16-19-30(20-17-28)46-34(25-11-4-2-5-12-25)37(45)41-29-18-21-31(38)32(39)23-29/h2-23,34H,1H3,(H,40,44)(H,41,45)(H,42,43)/b33-22-. The van der Waals surface area contributed by atoms with Crippen LogP contribution in [0.25, 0.3) is 6.08 Å². The zero-order valence-corrected chi connectivity index (χ0v) is 27.0. The Labute approximate surface area is 281 Å². The van der Waals surface area contributed by atoms with Crippen LogP contribution in [0.4, 0.5) is 11.4 Å². The molecular formula is C37H29Cl2N3O3S. The van der Waals surface area contributed by atoms with E-state index in [1.165, 1.54) is 11.8 Å². The Hall–Kier alpha value is -4.82. The molecule has 6 nitrogen and oxygen atoms in total. The normalized spacial score (nSPS) is 11.8. The molecule has 230 valence electrons. The van der Waals surface area contributed by atoms with Crippen molar-refractivity contribution in [1.29, 1.82) is 0 Å². The SMILES string of the molecule is Cc1ccccc1/C=C(\NC(=O)c1ccccc1)C(=O)Nc1ccc(SC(C(=O)Nc2ccc(Cl)c(Cl)c2)c2ccccc2)cc1. The van der Waals surface area contributed by atoms with Crippen molar-refractivity contribution in [3.63, 3.8) is 0 Å². The van der Waals surface area contributed by atoms with E-state index in [2.05, 4.69) is 16.0 Å². The van der Waals surface area contributed by atoms with Gasteiger partial charge in [-0.2, -0.15) is 0 Å². The molecule has 0 aliphatic rings. The van der Waals surface area contributed by atoms with Crippen LogP contribution in [0.3, 0.4) is 0 Å². The lowest BCUT2D eigenvalue weighted by Crippen LogP contribution is -2.30. The number of nitrogens with one attached hydrogen (secondary N) is 3. The van der Waals surface area contributed by atoms with Gasteiger partial charge in [0.2, 0.25) is 5.91 Å². The van der Waals surface area contributed by atoms with Gasteiger partial charge in [-0.3, -0.25) is 14.4 Å². The third-order valence-electron chi connectivity index (χ3n) is 6.91. The Bertz CT molecular complexity index is 1880. The maximum absolute atomic E-state index is 13.5. The van der Waals surface area contributed by atoms with Crippen LogP contribution in [0.2, 0.25) is 10.0 Å². The van der Waals surface area contributed by atoms with E-state index in [1.807, 2.05) is 79.7 Å². The summed E-state index contributed by atoms with van der Waals surface area (Å²) in [5, 5.41) is 8.75. The van der Waals surface area contributed by atoms with E-state index in [9.17, 15) is 14.4 Å². The molecule has 0 aliphatic carbocycles. The zero-order valence-electron chi connectivity index (χ0n) is 24.7. The van der Waals surface area contributed by atoms with Gasteiger partial charge in [-0.1, -0.05) is 96.0 Å². The molecule has 1 atom stereocenters. The second-order valence-corrected chi connectivity index (χ2v) is 12.2. The smallest absolute Gasteiger partial charge is 0.272 e. The third kappa shape index (κ3) is 8.67. The van der Waals surface area contributed by atoms with Crippen LogP contribution >= 0.6 is 35.0 Å². The predicted molar refractivity (Wildman–Crippen MR) is 188 cm³/mol. The first-order valence-electron chi connectivity index (χ1n) is 14.3. The van der Waals surface area contributed by atoms with Gasteiger partial charge in [-0.25, -0.2) is 0 Å². The first kappa shape index (κ1) is 32.6. The van der Waals surface area contributed by atoms with Crippen LogP contribution in [-0.4, -0.2) is 17.7 Å². The minimum Gasteiger partial charge on any atom is -0.325 e. The molecule has 0 heterocycles. The monoisotopic (exact) mass is 665 g/mol. The Balaban J connectivity index is 1.33. The van der Waals surface area contributed by atoms with Crippen LogP contribution in [0.5, 0.6) is 0 Å². The zero-order chi connectivity index (χ0) is 32.5. The van der Waals surface area contributed by atoms with E-state index in [0.29, 0.717) is 27.0 Å². The molecule has 3 N–H and O–H groups in total. The number of aryl methyl sites for hydroxylation is 1. The first-order chi connectivity index (χ1) is 22.3. The fraction of sp³-hybridized carbons (Fsp3) is 0.0541. The third-order valence-corrected chi connectivity index (χ3v) is 8.92. The van der Waals surface area contributed by atoms with Crippen molar-refractivity contribution in [1.82, 2.24) is 5.32 Å². The number of rotatable bonds is 10. The highest BCUT2D eigenvalue weighted by Gasteiger charge is 2.23. The molecule has 0 bridgehead atoms. The van der Waals surface area contributed by atoms with Gasteiger partial charge in [-0.15, -0.1) is 11.8 Å². The summed E-state index contributed by atoms with van der Waals surface area (Å²) in [6.45, 7) is 1.93. The highest BCUT2D eigenvalue weighted by molar-refractivity contribution is 8.00. The number of carbonyl (C=O) groups excluding carboxylic acids is 3. The molecule has 5 aromatic carbocycles. The molecule has 0 saturated heterocycles. The summed E-state index contributed by atoms with van der Waals surface area (Å²) in [4.78, 5) is 40.7. The maximum Gasteiger partial charge on any atom is 0.272 e. The molecule has 3 amide bonds. The maximum atomic E-state index is 13.5. The molecule has 9 heteroatoms. The summed E-state index contributed by atoms with van der Waals surface area (Å²) in [5.41, 5.74) is 4.18. The summed E-state index contributed by atoms with van der Waals surface area (Å²) in [6.07, 6.45) is 1.66. The fourth-order valence-corrected chi connectivity index (χ4v) is 5.80. The van der Waals surface area contributed by atoms with E-state index < -0.39 is 17.1 Å². The van der Waals surface area contributed by atoms with E-state index in [-0.39, 0.29) is 11.6 Å². The minimum absolute atomic E-state index is 0.102. The van der Waals surface area contributed by atoms with Gasteiger partial charge in [0.25, 0.3) is 11.8 Å². The van der Waals surface area contributed by atoms with E-state index in [4.69, 9.17) is 23.2 Å². The van der Waals surface area contributed by atoms with Gasteiger partial charge in [0.05, 0.1) is 10.0 Å². The number of hydrogen-bond acceptors (Lipinski definition) is 4. The van der Waals surface area contributed by atoms with Crippen molar-refractivity contribution in [3.05, 3.63) is 165 Å². The average molecular weight is 667 g/mol. The molecular weight excluding hydrogens is 637 g/mol. The molecule has 0 spiro atoms. The molecule has 0 aliphatic heterocycles. The summed E-state index contributed by atoms with van der Waals surface area (Å²) in [7, 11) is 0. The van der Waals surface area contributed by atoms with Crippen molar-refractivity contribution in [2.45, 2.75) is 17.1 Å². The van der Waals surface area contributed by atoms with E-state index >= 15 is 0 Å². The molecule has 0 saturated carbocycles. The first-order valence-corrected chi connectivity index (χ1v) is 15.9. The van der Waals surface area contributed by atoms with Gasteiger partial charge < -0.3 is 16.0 Å². The lowest BCUT2D eigenvalue weighted by atomic mass is 10.1. The second kappa shape index (κ2) is 15.5. The van der Waals surface area contributed by atoms with Gasteiger partial charge in [0.1, 0.15) is 10.9 Å². The summed E-state index contributed by atoms with van der Waals surface area (Å²) in [5.74, 6) is -1.10. The lowest BCUT2D eigenvalue weighted by molar-refractivity contribution is -0.116. The van der Waals surface area contributed by atoms with Crippen LogP contribution in [-0.2, 0) is 9.59 Å². The number of benzene rings is 5. The highest BCUT2D eigenvalue weighted by atomic mass is 35.5. The summed E-state index contributed by atoms with van der Waals surface area (Å²) in [6, 6.07) is 37.9. The Morgan fingerprint density at radius 1 is 0.696 bits per heavy atom. The number of halogens is 2. The quantitative estimate of drug-likeness (QED) is 0.103. The van der Waals surface area contributed by atoms with E-state index in [1.54, 1.807) is 60.7 Å². The molecule has 0 aromatic heterocycles. The molecule has 46 heavy (non-hydrogen) atoms. The molecule has 0 radical (unpaired) electrons. The molecule has 0 fully saturated rings. The summed E-state index contributed by atoms with van der Waals surface area (Å²) >= 11 is 13.6. The van der Waals surface area contributed by atoms with Gasteiger partial charge in [0.15, 0.2) is 0 Å². The average Bonchev–Trinajstić information content (AvgIpc) is 3.07. The second-order valence-electron chi connectivity index (χ2n) is 10.2. The van der Waals surface area contributed by atoms with Crippen molar-refractivity contribution in [3.8, 4) is 0 Å². The van der Waals surface area contributed by atoms with Gasteiger partial charge in [0, 0.05) is 21.8 Å². The molecule has 1 unspecified atom stereocenters. The fourth-order valence-electron chi connectivity index (χ4n) is 4.48. The lowest BCUT2D eigenvalue weighted by Gasteiger charge is -2.18. The topological polar surface area (TPSA) is 87.3 Å². The van der Waals surface area contributed by atoms with Crippen molar-refractivity contribution < 1.29 is 14.4 Å². The van der Waals surface area contributed by atoms with Gasteiger partial charge >= 0.3 is 0 Å². The Kier molecular flexibility index (Phi) is 10.9. The van der Waals surface area contributed by atoms with Crippen molar-refractivity contribution >= 4 is 70.1 Å².